The number of likely N-dealkylation sites (tertiary alicyclic amines) is 1. The van der Waals surface area contributed by atoms with Gasteiger partial charge in [0.15, 0.2) is 11.5 Å². The molecule has 2 aromatic carbocycles. The van der Waals surface area contributed by atoms with Crippen LogP contribution in [0, 0.1) is 0 Å². The maximum absolute atomic E-state index is 12.8. The van der Waals surface area contributed by atoms with Gasteiger partial charge in [0.05, 0.1) is 32.4 Å². The third-order valence-electron chi connectivity index (χ3n) is 5.99. The average Bonchev–Trinajstić information content (AvgIpc) is 3.26. The summed E-state index contributed by atoms with van der Waals surface area (Å²) >= 11 is 0. The van der Waals surface area contributed by atoms with Gasteiger partial charge in [-0.2, -0.15) is 0 Å². The van der Waals surface area contributed by atoms with Gasteiger partial charge in [-0.05, 0) is 49.1 Å². The van der Waals surface area contributed by atoms with E-state index in [1.807, 2.05) is 41.3 Å². The number of piperidine rings is 1. The molecule has 1 saturated heterocycles. The third kappa shape index (κ3) is 4.45. The summed E-state index contributed by atoms with van der Waals surface area (Å²) in [5, 5.41) is 0. The van der Waals surface area contributed by atoms with E-state index in [0.29, 0.717) is 36.0 Å². The van der Waals surface area contributed by atoms with Crippen LogP contribution in [0.2, 0.25) is 0 Å². The lowest BCUT2D eigenvalue weighted by molar-refractivity contribution is -0.132. The van der Waals surface area contributed by atoms with E-state index in [-0.39, 0.29) is 5.91 Å². The zero-order valence-electron chi connectivity index (χ0n) is 18.3. The second-order valence-electron chi connectivity index (χ2n) is 7.83. The number of carbonyl (C=O) groups excluding carboxylic acids is 1. The van der Waals surface area contributed by atoms with E-state index in [1.54, 1.807) is 21.3 Å². The van der Waals surface area contributed by atoms with Crippen molar-refractivity contribution in [3.63, 3.8) is 0 Å². The molecule has 164 valence electrons. The molecule has 0 radical (unpaired) electrons. The molecular formula is C24H29N3O4. The minimum absolute atomic E-state index is 0.178. The van der Waals surface area contributed by atoms with Crippen LogP contribution in [0.5, 0.6) is 17.2 Å². The van der Waals surface area contributed by atoms with Gasteiger partial charge in [-0.3, -0.25) is 4.79 Å². The van der Waals surface area contributed by atoms with Crippen LogP contribution in [0.15, 0.2) is 36.4 Å². The van der Waals surface area contributed by atoms with Gasteiger partial charge in [-0.15, -0.1) is 0 Å². The molecule has 4 rings (SSSR count). The molecule has 7 heteroatoms. The lowest BCUT2D eigenvalue weighted by Gasteiger charge is -2.31. The van der Waals surface area contributed by atoms with E-state index < -0.39 is 0 Å². The van der Waals surface area contributed by atoms with Crippen LogP contribution in [0.3, 0.4) is 0 Å². The number of carbonyl (C=O) groups is 1. The molecule has 2 heterocycles. The Balaban J connectivity index is 1.34. The van der Waals surface area contributed by atoms with Crippen molar-refractivity contribution >= 4 is 16.9 Å². The SMILES string of the molecule is COc1cc(CCC(=O)N2CCC(c3nc4ccccc4[nH]3)CC2)cc(OC)c1OC. The number of fused-ring (bicyclic) bond motifs is 1. The van der Waals surface area contributed by atoms with E-state index in [4.69, 9.17) is 19.2 Å². The number of H-pyrrole nitrogens is 1. The number of nitrogens with one attached hydrogen (secondary N) is 1. The first-order valence-electron chi connectivity index (χ1n) is 10.6. The maximum Gasteiger partial charge on any atom is 0.222 e. The summed E-state index contributed by atoms with van der Waals surface area (Å²) in [5.41, 5.74) is 3.06. The third-order valence-corrected chi connectivity index (χ3v) is 5.99. The Kier molecular flexibility index (Phi) is 6.30. The van der Waals surface area contributed by atoms with Crippen molar-refractivity contribution in [2.24, 2.45) is 0 Å². The normalized spacial score (nSPS) is 14.6. The highest BCUT2D eigenvalue weighted by atomic mass is 16.5. The maximum atomic E-state index is 12.8. The van der Waals surface area contributed by atoms with Crippen molar-refractivity contribution < 1.29 is 19.0 Å². The molecule has 1 aliphatic heterocycles. The minimum Gasteiger partial charge on any atom is -0.493 e. The second kappa shape index (κ2) is 9.29. The van der Waals surface area contributed by atoms with Gasteiger partial charge >= 0.3 is 0 Å². The molecule has 0 spiro atoms. The van der Waals surface area contributed by atoms with Crippen molar-refractivity contribution in [2.45, 2.75) is 31.6 Å². The van der Waals surface area contributed by atoms with E-state index in [9.17, 15) is 4.79 Å². The number of aryl methyl sites for hydroxylation is 1. The topological polar surface area (TPSA) is 76.7 Å². The number of amides is 1. The Bertz CT molecular complexity index is 996. The van der Waals surface area contributed by atoms with Crippen molar-refractivity contribution in [2.75, 3.05) is 34.4 Å². The number of imidazole rings is 1. The molecule has 0 aliphatic carbocycles. The zero-order valence-corrected chi connectivity index (χ0v) is 18.3. The predicted octanol–water partition coefficient (Wildman–Crippen LogP) is 3.93. The number of hydrogen-bond donors (Lipinski definition) is 1. The molecule has 1 N–H and O–H groups in total. The Labute approximate surface area is 182 Å². The van der Waals surface area contributed by atoms with Crippen molar-refractivity contribution in [3.05, 3.63) is 47.8 Å². The summed E-state index contributed by atoms with van der Waals surface area (Å²) in [5.74, 6) is 3.36. The number of benzene rings is 2. The standard InChI is InChI=1S/C24H29N3O4/c1-29-20-14-16(15-21(30-2)23(20)31-3)8-9-22(28)27-12-10-17(11-13-27)24-25-18-6-4-5-7-19(18)26-24/h4-7,14-15,17H,8-13H2,1-3H3,(H,25,26). The van der Waals surface area contributed by atoms with Crippen LogP contribution in [-0.4, -0.2) is 55.2 Å². The molecule has 3 aromatic rings. The van der Waals surface area contributed by atoms with Crippen LogP contribution in [0.4, 0.5) is 0 Å². The van der Waals surface area contributed by atoms with Crippen LogP contribution in [0.25, 0.3) is 11.0 Å². The number of nitrogens with zero attached hydrogens (tertiary/aromatic N) is 2. The predicted molar refractivity (Wildman–Crippen MR) is 119 cm³/mol. The lowest BCUT2D eigenvalue weighted by Crippen LogP contribution is -2.38. The molecule has 0 atom stereocenters. The fraction of sp³-hybridized carbons (Fsp3) is 0.417. The van der Waals surface area contributed by atoms with Crippen LogP contribution < -0.4 is 14.2 Å². The zero-order chi connectivity index (χ0) is 21.8. The molecule has 1 fully saturated rings. The average molecular weight is 424 g/mol. The van der Waals surface area contributed by atoms with Crippen molar-refractivity contribution in [1.82, 2.24) is 14.9 Å². The van der Waals surface area contributed by atoms with Gasteiger partial charge in [-0.25, -0.2) is 4.98 Å². The minimum atomic E-state index is 0.178. The summed E-state index contributed by atoms with van der Waals surface area (Å²) in [7, 11) is 4.77. The van der Waals surface area contributed by atoms with E-state index in [2.05, 4.69) is 4.98 Å². The number of methoxy groups -OCH3 is 3. The summed E-state index contributed by atoms with van der Waals surface area (Å²) in [6.45, 7) is 1.52. The fourth-order valence-corrected chi connectivity index (χ4v) is 4.26. The van der Waals surface area contributed by atoms with Gasteiger partial charge in [0, 0.05) is 25.4 Å². The highest BCUT2D eigenvalue weighted by Crippen LogP contribution is 2.38. The molecule has 0 saturated carbocycles. The highest BCUT2D eigenvalue weighted by Gasteiger charge is 2.25. The molecule has 0 unspecified atom stereocenters. The second-order valence-corrected chi connectivity index (χ2v) is 7.83. The van der Waals surface area contributed by atoms with Gasteiger partial charge < -0.3 is 24.1 Å². The summed E-state index contributed by atoms with van der Waals surface area (Å²) < 4.78 is 16.2. The largest absolute Gasteiger partial charge is 0.493 e. The van der Waals surface area contributed by atoms with Crippen molar-refractivity contribution in [1.29, 1.82) is 0 Å². The monoisotopic (exact) mass is 423 g/mol. The van der Waals surface area contributed by atoms with E-state index >= 15 is 0 Å². The van der Waals surface area contributed by atoms with E-state index in [1.165, 1.54) is 0 Å². The molecule has 0 bridgehead atoms. The molecule has 1 amide bonds. The van der Waals surface area contributed by atoms with Crippen molar-refractivity contribution in [3.8, 4) is 17.2 Å². The smallest absolute Gasteiger partial charge is 0.222 e. The number of rotatable bonds is 7. The highest BCUT2D eigenvalue weighted by molar-refractivity contribution is 5.77. The number of para-hydroxylation sites is 2. The van der Waals surface area contributed by atoms with Gasteiger partial charge in [-0.1, -0.05) is 12.1 Å². The quantitative estimate of drug-likeness (QED) is 0.623. The summed E-state index contributed by atoms with van der Waals surface area (Å²) in [6.07, 6.45) is 2.93. The Morgan fingerprint density at radius 3 is 2.35 bits per heavy atom. The molecule has 31 heavy (non-hydrogen) atoms. The number of ether oxygens (including phenoxy) is 3. The molecular weight excluding hydrogens is 394 g/mol. The van der Waals surface area contributed by atoms with Crippen LogP contribution in [-0.2, 0) is 11.2 Å². The fourth-order valence-electron chi connectivity index (χ4n) is 4.26. The summed E-state index contributed by atoms with van der Waals surface area (Å²) in [4.78, 5) is 22.9. The van der Waals surface area contributed by atoms with Crippen LogP contribution >= 0.6 is 0 Å². The van der Waals surface area contributed by atoms with E-state index in [0.717, 1.165) is 48.4 Å². The molecule has 7 nitrogen and oxygen atoms in total. The summed E-state index contributed by atoms with van der Waals surface area (Å²) in [6, 6.07) is 11.9. The van der Waals surface area contributed by atoms with Gasteiger partial charge in [0.2, 0.25) is 11.7 Å². The lowest BCUT2D eigenvalue weighted by atomic mass is 9.95. The van der Waals surface area contributed by atoms with Gasteiger partial charge in [0.1, 0.15) is 5.82 Å². The number of aromatic nitrogens is 2. The first kappa shape index (κ1) is 21.0. The Hall–Kier alpha value is -3.22. The number of aromatic amines is 1. The Morgan fingerprint density at radius 2 is 1.74 bits per heavy atom. The molecule has 1 aliphatic rings. The Morgan fingerprint density at radius 1 is 1.06 bits per heavy atom. The van der Waals surface area contributed by atoms with Crippen LogP contribution in [0.1, 0.15) is 36.6 Å². The number of hydrogen-bond acceptors (Lipinski definition) is 5. The first-order valence-corrected chi connectivity index (χ1v) is 10.6. The van der Waals surface area contributed by atoms with Gasteiger partial charge in [0.25, 0.3) is 0 Å². The first-order chi connectivity index (χ1) is 15.1. The molecule has 1 aromatic heterocycles.